The van der Waals surface area contributed by atoms with Crippen molar-refractivity contribution in [1.82, 2.24) is 15.5 Å². The molecule has 1 saturated heterocycles. The number of nitrogens with zero attached hydrogens (tertiary/aromatic N) is 1. The number of morpholine rings is 1. The molecule has 5 heteroatoms. The zero-order chi connectivity index (χ0) is 18.2. The lowest BCUT2D eigenvalue weighted by Gasteiger charge is -2.26. The SMILES string of the molecule is CC(NC(=O)NCc1ccc(CN2CCOCC2)cc1)c1ccccc1. The highest BCUT2D eigenvalue weighted by Crippen LogP contribution is 2.11. The normalized spacial score (nSPS) is 16.0. The van der Waals surface area contributed by atoms with Crippen LogP contribution in [0.2, 0.25) is 0 Å². The van der Waals surface area contributed by atoms with E-state index in [1.54, 1.807) is 0 Å². The predicted octanol–water partition coefficient (Wildman–Crippen LogP) is 3.08. The van der Waals surface area contributed by atoms with E-state index in [2.05, 4.69) is 39.8 Å². The van der Waals surface area contributed by atoms with Crippen LogP contribution in [0.3, 0.4) is 0 Å². The fourth-order valence-electron chi connectivity index (χ4n) is 3.04. The Morgan fingerprint density at radius 2 is 1.69 bits per heavy atom. The van der Waals surface area contributed by atoms with Crippen LogP contribution in [0, 0.1) is 0 Å². The molecule has 1 fully saturated rings. The summed E-state index contributed by atoms with van der Waals surface area (Å²) in [6, 6.07) is 18.2. The molecule has 1 unspecified atom stereocenters. The van der Waals surface area contributed by atoms with Crippen molar-refractivity contribution in [3.63, 3.8) is 0 Å². The zero-order valence-corrected chi connectivity index (χ0v) is 15.3. The van der Waals surface area contributed by atoms with Gasteiger partial charge in [0.15, 0.2) is 0 Å². The number of benzene rings is 2. The molecule has 0 bridgehead atoms. The van der Waals surface area contributed by atoms with Crippen LogP contribution in [-0.2, 0) is 17.8 Å². The molecule has 0 aliphatic carbocycles. The van der Waals surface area contributed by atoms with Crippen molar-refractivity contribution >= 4 is 6.03 Å². The fraction of sp³-hybridized carbons (Fsp3) is 0.381. The van der Waals surface area contributed by atoms with Gasteiger partial charge in [-0.1, -0.05) is 54.6 Å². The molecule has 26 heavy (non-hydrogen) atoms. The molecule has 1 heterocycles. The van der Waals surface area contributed by atoms with Crippen molar-refractivity contribution in [2.75, 3.05) is 26.3 Å². The van der Waals surface area contributed by atoms with Gasteiger partial charge in [-0.25, -0.2) is 4.79 Å². The van der Waals surface area contributed by atoms with Crippen molar-refractivity contribution in [3.05, 3.63) is 71.3 Å². The molecular formula is C21H27N3O2. The van der Waals surface area contributed by atoms with E-state index in [9.17, 15) is 4.79 Å². The number of hydrogen-bond donors (Lipinski definition) is 2. The smallest absolute Gasteiger partial charge is 0.315 e. The highest BCUT2D eigenvalue weighted by Gasteiger charge is 2.11. The van der Waals surface area contributed by atoms with E-state index in [1.165, 1.54) is 5.56 Å². The second-order valence-corrected chi connectivity index (χ2v) is 6.66. The van der Waals surface area contributed by atoms with E-state index < -0.39 is 0 Å². The van der Waals surface area contributed by atoms with Gasteiger partial charge in [0.25, 0.3) is 0 Å². The van der Waals surface area contributed by atoms with Gasteiger partial charge in [-0.2, -0.15) is 0 Å². The maximum absolute atomic E-state index is 12.1. The van der Waals surface area contributed by atoms with Gasteiger partial charge >= 0.3 is 6.03 Å². The number of carbonyl (C=O) groups excluding carboxylic acids is 1. The van der Waals surface area contributed by atoms with Crippen molar-refractivity contribution in [3.8, 4) is 0 Å². The Hall–Kier alpha value is -2.37. The van der Waals surface area contributed by atoms with Gasteiger partial charge < -0.3 is 15.4 Å². The van der Waals surface area contributed by atoms with Crippen LogP contribution in [-0.4, -0.2) is 37.2 Å². The van der Waals surface area contributed by atoms with Crippen molar-refractivity contribution in [1.29, 1.82) is 0 Å². The van der Waals surface area contributed by atoms with Crippen LogP contribution in [0.1, 0.15) is 29.7 Å². The second kappa shape index (κ2) is 9.36. The molecule has 5 nitrogen and oxygen atoms in total. The summed E-state index contributed by atoms with van der Waals surface area (Å²) < 4.78 is 5.38. The molecule has 2 aromatic rings. The van der Waals surface area contributed by atoms with Crippen molar-refractivity contribution in [2.24, 2.45) is 0 Å². The third-order valence-corrected chi connectivity index (χ3v) is 4.63. The van der Waals surface area contributed by atoms with Gasteiger partial charge in [0.2, 0.25) is 0 Å². The van der Waals surface area contributed by atoms with E-state index in [-0.39, 0.29) is 12.1 Å². The first-order valence-corrected chi connectivity index (χ1v) is 9.18. The maximum Gasteiger partial charge on any atom is 0.315 e. The Morgan fingerprint density at radius 3 is 2.38 bits per heavy atom. The minimum atomic E-state index is -0.154. The maximum atomic E-state index is 12.1. The lowest BCUT2D eigenvalue weighted by molar-refractivity contribution is 0.0342. The van der Waals surface area contributed by atoms with E-state index >= 15 is 0 Å². The summed E-state index contributed by atoms with van der Waals surface area (Å²) in [6.07, 6.45) is 0. The number of urea groups is 1. The molecule has 0 aromatic heterocycles. The molecule has 138 valence electrons. The molecular weight excluding hydrogens is 326 g/mol. The summed E-state index contributed by atoms with van der Waals surface area (Å²) >= 11 is 0. The molecule has 0 saturated carbocycles. The van der Waals surface area contributed by atoms with Gasteiger partial charge in [-0.3, -0.25) is 4.90 Å². The quantitative estimate of drug-likeness (QED) is 0.839. The van der Waals surface area contributed by atoms with Crippen LogP contribution in [0.4, 0.5) is 4.79 Å². The van der Waals surface area contributed by atoms with E-state index in [0.29, 0.717) is 6.54 Å². The largest absolute Gasteiger partial charge is 0.379 e. The Kier molecular flexibility index (Phi) is 6.63. The Morgan fingerprint density at radius 1 is 1.04 bits per heavy atom. The third-order valence-electron chi connectivity index (χ3n) is 4.63. The zero-order valence-electron chi connectivity index (χ0n) is 15.3. The average Bonchev–Trinajstić information content (AvgIpc) is 2.69. The third kappa shape index (κ3) is 5.58. The molecule has 0 spiro atoms. The number of ether oxygens (including phenoxy) is 1. The predicted molar refractivity (Wildman–Crippen MR) is 103 cm³/mol. The average molecular weight is 353 g/mol. The Bertz CT molecular complexity index is 682. The standard InChI is InChI=1S/C21H27N3O2/c1-17(20-5-3-2-4-6-20)23-21(25)22-15-18-7-9-19(10-8-18)16-24-11-13-26-14-12-24/h2-10,17H,11-16H2,1H3,(H2,22,23,25). The topological polar surface area (TPSA) is 53.6 Å². The molecule has 3 rings (SSSR count). The van der Waals surface area contributed by atoms with Crippen LogP contribution in [0.5, 0.6) is 0 Å². The second-order valence-electron chi connectivity index (χ2n) is 6.66. The van der Waals surface area contributed by atoms with Crippen LogP contribution in [0.25, 0.3) is 0 Å². The Labute approximate surface area is 155 Å². The summed E-state index contributed by atoms with van der Waals surface area (Å²) in [6.45, 7) is 7.07. The number of nitrogens with one attached hydrogen (secondary N) is 2. The summed E-state index contributed by atoms with van der Waals surface area (Å²) in [4.78, 5) is 14.5. The Balaban J connectivity index is 1.43. The molecule has 0 radical (unpaired) electrons. The van der Waals surface area contributed by atoms with Crippen molar-refractivity contribution in [2.45, 2.75) is 26.1 Å². The molecule has 2 aromatic carbocycles. The highest BCUT2D eigenvalue weighted by molar-refractivity contribution is 5.74. The van der Waals surface area contributed by atoms with E-state index in [1.807, 2.05) is 37.3 Å². The number of carbonyl (C=O) groups is 1. The molecule has 1 atom stereocenters. The first-order chi connectivity index (χ1) is 12.7. The summed E-state index contributed by atoms with van der Waals surface area (Å²) in [5.41, 5.74) is 3.48. The minimum Gasteiger partial charge on any atom is -0.379 e. The number of rotatable bonds is 6. The van der Waals surface area contributed by atoms with Crippen LogP contribution in [0.15, 0.2) is 54.6 Å². The van der Waals surface area contributed by atoms with E-state index in [4.69, 9.17) is 4.74 Å². The van der Waals surface area contributed by atoms with Crippen molar-refractivity contribution < 1.29 is 9.53 Å². The fourth-order valence-corrected chi connectivity index (χ4v) is 3.04. The van der Waals surface area contributed by atoms with Crippen LogP contribution >= 0.6 is 0 Å². The van der Waals surface area contributed by atoms with Gasteiger partial charge in [0.1, 0.15) is 0 Å². The lowest BCUT2D eigenvalue weighted by Crippen LogP contribution is -2.36. The molecule has 1 aliphatic heterocycles. The van der Waals surface area contributed by atoms with Crippen LogP contribution < -0.4 is 10.6 Å². The first-order valence-electron chi connectivity index (χ1n) is 9.18. The first kappa shape index (κ1) is 18.4. The summed E-state index contributed by atoms with van der Waals surface area (Å²) in [5, 5.41) is 5.89. The molecule has 2 amide bonds. The summed E-state index contributed by atoms with van der Waals surface area (Å²) in [5.74, 6) is 0. The van der Waals surface area contributed by atoms with Gasteiger partial charge in [-0.05, 0) is 23.6 Å². The number of hydrogen-bond acceptors (Lipinski definition) is 3. The number of amides is 2. The monoisotopic (exact) mass is 353 g/mol. The van der Waals surface area contributed by atoms with Gasteiger partial charge in [-0.15, -0.1) is 0 Å². The minimum absolute atomic E-state index is 0.0212. The summed E-state index contributed by atoms with van der Waals surface area (Å²) in [7, 11) is 0. The molecule has 2 N–H and O–H groups in total. The molecule has 1 aliphatic rings. The van der Waals surface area contributed by atoms with Gasteiger partial charge in [0, 0.05) is 26.2 Å². The van der Waals surface area contributed by atoms with Gasteiger partial charge in [0.05, 0.1) is 19.3 Å². The lowest BCUT2D eigenvalue weighted by atomic mass is 10.1. The highest BCUT2D eigenvalue weighted by atomic mass is 16.5. The van der Waals surface area contributed by atoms with E-state index in [0.717, 1.165) is 44.0 Å².